The molecule has 0 spiro atoms. The molecule has 1 aromatic rings. The van der Waals surface area contributed by atoms with Crippen LogP contribution < -0.4 is 5.32 Å². The smallest absolute Gasteiger partial charge is 0.265 e. The van der Waals surface area contributed by atoms with Crippen molar-refractivity contribution in [3.8, 4) is 0 Å². The summed E-state index contributed by atoms with van der Waals surface area (Å²) in [5.41, 5.74) is 0.869. The quantitative estimate of drug-likeness (QED) is 0.908. The van der Waals surface area contributed by atoms with E-state index in [1.807, 2.05) is 25.8 Å². The standard InChI is InChI=1S/C12H19N3OS.2ClH/c1-8-11(17-9(2)14-8)12(16)15-6-4-10(13-3)5-7-15;;/h10,13H,4-7H2,1-3H3;2*1H. The van der Waals surface area contributed by atoms with Gasteiger partial charge in [-0.1, -0.05) is 0 Å². The van der Waals surface area contributed by atoms with Crippen molar-refractivity contribution in [2.45, 2.75) is 32.7 Å². The summed E-state index contributed by atoms with van der Waals surface area (Å²) in [6.07, 6.45) is 2.08. The Morgan fingerprint density at radius 3 is 2.32 bits per heavy atom. The molecule has 0 bridgehead atoms. The average Bonchev–Trinajstić information content (AvgIpc) is 2.68. The highest BCUT2D eigenvalue weighted by molar-refractivity contribution is 7.13. The summed E-state index contributed by atoms with van der Waals surface area (Å²) in [5.74, 6) is 0.155. The minimum Gasteiger partial charge on any atom is -0.338 e. The second-order valence-corrected chi connectivity index (χ2v) is 5.71. The van der Waals surface area contributed by atoms with Crippen LogP contribution in [0, 0.1) is 13.8 Å². The molecule has 2 heterocycles. The summed E-state index contributed by atoms with van der Waals surface area (Å²) in [6, 6.07) is 0.559. The van der Waals surface area contributed by atoms with Gasteiger partial charge in [-0.2, -0.15) is 0 Å². The van der Waals surface area contributed by atoms with Crippen LogP contribution in [-0.2, 0) is 0 Å². The van der Waals surface area contributed by atoms with Crippen molar-refractivity contribution < 1.29 is 4.79 Å². The Morgan fingerprint density at radius 1 is 1.32 bits per heavy atom. The third kappa shape index (κ3) is 4.31. The van der Waals surface area contributed by atoms with Crippen LogP contribution in [-0.4, -0.2) is 42.0 Å². The zero-order valence-electron chi connectivity index (χ0n) is 11.4. The van der Waals surface area contributed by atoms with E-state index < -0.39 is 0 Å². The molecule has 110 valence electrons. The number of carbonyl (C=O) groups is 1. The van der Waals surface area contributed by atoms with E-state index in [1.54, 1.807) is 0 Å². The molecule has 1 aromatic heterocycles. The Balaban J connectivity index is 0.00000162. The molecule has 1 amide bonds. The zero-order valence-corrected chi connectivity index (χ0v) is 13.9. The van der Waals surface area contributed by atoms with Crippen LogP contribution in [0.15, 0.2) is 0 Å². The Hall–Kier alpha value is -0.360. The largest absolute Gasteiger partial charge is 0.338 e. The number of aryl methyl sites for hydroxylation is 2. The number of amides is 1. The number of hydrogen-bond donors (Lipinski definition) is 1. The highest BCUT2D eigenvalue weighted by atomic mass is 35.5. The van der Waals surface area contributed by atoms with Gasteiger partial charge in [-0.25, -0.2) is 4.98 Å². The van der Waals surface area contributed by atoms with Crippen molar-refractivity contribution in [1.82, 2.24) is 15.2 Å². The van der Waals surface area contributed by atoms with E-state index in [1.165, 1.54) is 11.3 Å². The third-order valence-electron chi connectivity index (χ3n) is 3.29. The number of likely N-dealkylation sites (tertiary alicyclic amines) is 1. The second-order valence-electron chi connectivity index (χ2n) is 4.50. The van der Waals surface area contributed by atoms with Crippen molar-refractivity contribution in [2.75, 3.05) is 20.1 Å². The fourth-order valence-corrected chi connectivity index (χ4v) is 3.13. The van der Waals surface area contributed by atoms with Crippen LogP contribution in [0.1, 0.15) is 33.2 Å². The molecule has 0 atom stereocenters. The Labute approximate surface area is 130 Å². The molecule has 0 unspecified atom stereocenters. The van der Waals surface area contributed by atoms with Crippen molar-refractivity contribution >= 4 is 42.1 Å². The summed E-state index contributed by atoms with van der Waals surface area (Å²) in [5, 5.41) is 4.24. The highest BCUT2D eigenvalue weighted by Gasteiger charge is 2.25. The van der Waals surface area contributed by atoms with Crippen molar-refractivity contribution in [2.24, 2.45) is 0 Å². The fraction of sp³-hybridized carbons (Fsp3) is 0.667. The minimum absolute atomic E-state index is 0. The maximum atomic E-state index is 12.3. The molecule has 1 aliphatic rings. The van der Waals surface area contributed by atoms with Gasteiger partial charge in [-0.05, 0) is 33.7 Å². The normalized spacial score (nSPS) is 15.6. The first-order chi connectivity index (χ1) is 8.11. The molecule has 1 aliphatic heterocycles. The number of rotatable bonds is 2. The molecule has 1 fully saturated rings. The van der Waals surface area contributed by atoms with Crippen LogP contribution in [0.3, 0.4) is 0 Å². The molecule has 0 aromatic carbocycles. The van der Waals surface area contributed by atoms with E-state index in [-0.39, 0.29) is 30.7 Å². The summed E-state index contributed by atoms with van der Waals surface area (Å²) < 4.78 is 0. The SMILES string of the molecule is CNC1CCN(C(=O)c2sc(C)nc2C)CC1.Cl.Cl. The van der Waals surface area contributed by atoms with Crippen LogP contribution >= 0.6 is 36.2 Å². The van der Waals surface area contributed by atoms with Crippen LogP contribution in [0.5, 0.6) is 0 Å². The van der Waals surface area contributed by atoms with Crippen LogP contribution in [0.25, 0.3) is 0 Å². The number of piperidine rings is 1. The van der Waals surface area contributed by atoms with Gasteiger partial charge in [0.05, 0.1) is 10.7 Å². The first kappa shape index (κ1) is 18.6. The fourth-order valence-electron chi connectivity index (χ4n) is 2.24. The summed E-state index contributed by atoms with van der Waals surface area (Å²) in [4.78, 5) is 19.4. The lowest BCUT2D eigenvalue weighted by Crippen LogP contribution is -2.43. The molecule has 1 saturated heterocycles. The number of thiazole rings is 1. The van der Waals surface area contributed by atoms with Crippen LogP contribution in [0.4, 0.5) is 0 Å². The number of nitrogens with one attached hydrogen (secondary N) is 1. The van der Waals surface area contributed by atoms with Gasteiger partial charge in [0, 0.05) is 19.1 Å². The van der Waals surface area contributed by atoms with E-state index in [2.05, 4.69) is 10.3 Å². The molecule has 0 aliphatic carbocycles. The average molecular weight is 326 g/mol. The zero-order chi connectivity index (χ0) is 12.4. The maximum Gasteiger partial charge on any atom is 0.265 e. The lowest BCUT2D eigenvalue weighted by atomic mass is 10.1. The molecule has 19 heavy (non-hydrogen) atoms. The van der Waals surface area contributed by atoms with Crippen molar-refractivity contribution in [3.63, 3.8) is 0 Å². The van der Waals surface area contributed by atoms with Crippen molar-refractivity contribution in [3.05, 3.63) is 15.6 Å². The first-order valence-electron chi connectivity index (χ1n) is 6.02. The van der Waals surface area contributed by atoms with E-state index in [9.17, 15) is 4.79 Å². The van der Waals surface area contributed by atoms with E-state index in [0.29, 0.717) is 6.04 Å². The number of aromatic nitrogens is 1. The van der Waals surface area contributed by atoms with E-state index in [0.717, 1.165) is 41.5 Å². The molecular formula is C12H21Cl2N3OS. The number of carbonyl (C=O) groups excluding carboxylic acids is 1. The van der Waals surface area contributed by atoms with E-state index >= 15 is 0 Å². The monoisotopic (exact) mass is 325 g/mol. The molecule has 1 N–H and O–H groups in total. The van der Waals surface area contributed by atoms with Gasteiger partial charge >= 0.3 is 0 Å². The molecule has 0 radical (unpaired) electrons. The topological polar surface area (TPSA) is 45.2 Å². The van der Waals surface area contributed by atoms with Crippen LogP contribution in [0.2, 0.25) is 0 Å². The molecule has 4 nitrogen and oxygen atoms in total. The predicted molar refractivity (Wildman–Crippen MR) is 84.1 cm³/mol. The Kier molecular flexibility index (Phi) is 7.89. The van der Waals surface area contributed by atoms with Crippen molar-refractivity contribution in [1.29, 1.82) is 0 Å². The Bertz CT molecular complexity index is 417. The van der Waals surface area contributed by atoms with Gasteiger partial charge in [0.1, 0.15) is 4.88 Å². The predicted octanol–water partition coefficient (Wildman–Crippen LogP) is 2.43. The number of nitrogens with zero attached hydrogens (tertiary/aromatic N) is 2. The van der Waals surface area contributed by atoms with Gasteiger partial charge in [-0.15, -0.1) is 36.2 Å². The summed E-state index contributed by atoms with van der Waals surface area (Å²) in [7, 11) is 1.98. The number of halogens is 2. The Morgan fingerprint density at radius 2 is 1.89 bits per heavy atom. The lowest BCUT2D eigenvalue weighted by molar-refractivity contribution is 0.0711. The summed E-state index contributed by atoms with van der Waals surface area (Å²) in [6.45, 7) is 5.56. The minimum atomic E-state index is 0. The molecular weight excluding hydrogens is 305 g/mol. The lowest BCUT2D eigenvalue weighted by Gasteiger charge is -2.31. The molecule has 7 heteroatoms. The molecule has 2 rings (SSSR count). The van der Waals surface area contributed by atoms with Gasteiger partial charge < -0.3 is 10.2 Å². The second kappa shape index (κ2) is 8.04. The third-order valence-corrected chi connectivity index (χ3v) is 4.35. The summed E-state index contributed by atoms with van der Waals surface area (Å²) >= 11 is 1.50. The molecule has 0 saturated carbocycles. The maximum absolute atomic E-state index is 12.3. The van der Waals surface area contributed by atoms with E-state index in [4.69, 9.17) is 0 Å². The highest BCUT2D eigenvalue weighted by Crippen LogP contribution is 2.21. The number of hydrogen-bond acceptors (Lipinski definition) is 4. The van der Waals surface area contributed by atoms with Gasteiger partial charge in [0.2, 0.25) is 0 Å². The first-order valence-corrected chi connectivity index (χ1v) is 6.84. The van der Waals surface area contributed by atoms with Gasteiger partial charge in [-0.3, -0.25) is 4.79 Å². The van der Waals surface area contributed by atoms with Gasteiger partial charge in [0.15, 0.2) is 0 Å². The van der Waals surface area contributed by atoms with Gasteiger partial charge in [0.25, 0.3) is 5.91 Å².